The molecule has 0 aliphatic heterocycles. The van der Waals surface area contributed by atoms with Gasteiger partial charge < -0.3 is 4.74 Å². The van der Waals surface area contributed by atoms with Crippen LogP contribution in [0, 0.1) is 5.92 Å². The Morgan fingerprint density at radius 3 is 2.48 bits per heavy atom. The van der Waals surface area contributed by atoms with E-state index in [4.69, 9.17) is 4.74 Å². The second-order valence-corrected chi connectivity index (χ2v) is 4.90. The van der Waals surface area contributed by atoms with E-state index in [1.807, 2.05) is 43.3 Å². The first-order valence-corrected chi connectivity index (χ1v) is 6.79. The van der Waals surface area contributed by atoms with E-state index in [-0.39, 0.29) is 11.8 Å². The standard InChI is InChI=1S/C16H19N3O2/c1-12(11-21-3)16(20)19(2)15-10-9-14(17-18-15)13-7-5-4-6-8-13/h4-10,12H,11H2,1-3H3. The first-order valence-electron chi connectivity index (χ1n) is 6.79. The molecule has 0 aliphatic carbocycles. The number of hydrogen-bond acceptors (Lipinski definition) is 4. The van der Waals surface area contributed by atoms with Gasteiger partial charge in [-0.15, -0.1) is 10.2 Å². The number of hydrogen-bond donors (Lipinski definition) is 0. The monoisotopic (exact) mass is 285 g/mol. The van der Waals surface area contributed by atoms with Crippen molar-refractivity contribution in [2.24, 2.45) is 5.92 Å². The lowest BCUT2D eigenvalue weighted by Crippen LogP contribution is -2.34. The van der Waals surface area contributed by atoms with Crippen LogP contribution in [0.1, 0.15) is 6.92 Å². The zero-order valence-electron chi connectivity index (χ0n) is 12.5. The maximum atomic E-state index is 12.2. The number of carbonyl (C=O) groups is 1. The van der Waals surface area contributed by atoms with Crippen LogP contribution in [-0.4, -0.2) is 36.9 Å². The lowest BCUT2D eigenvalue weighted by molar-refractivity contribution is -0.123. The summed E-state index contributed by atoms with van der Waals surface area (Å²) in [4.78, 5) is 13.7. The maximum absolute atomic E-state index is 12.2. The second-order valence-electron chi connectivity index (χ2n) is 4.90. The van der Waals surface area contributed by atoms with Crippen molar-refractivity contribution in [1.82, 2.24) is 10.2 Å². The van der Waals surface area contributed by atoms with Crippen LogP contribution in [0.5, 0.6) is 0 Å². The van der Waals surface area contributed by atoms with Crippen LogP contribution in [-0.2, 0) is 9.53 Å². The van der Waals surface area contributed by atoms with E-state index >= 15 is 0 Å². The molecule has 0 bridgehead atoms. The second kappa shape index (κ2) is 6.95. The molecule has 0 radical (unpaired) electrons. The minimum atomic E-state index is -0.212. The van der Waals surface area contributed by atoms with Crippen LogP contribution in [0.3, 0.4) is 0 Å². The first-order chi connectivity index (χ1) is 10.1. The summed E-state index contributed by atoms with van der Waals surface area (Å²) in [6.45, 7) is 2.22. The summed E-state index contributed by atoms with van der Waals surface area (Å²) in [5, 5.41) is 8.32. The Morgan fingerprint density at radius 1 is 1.19 bits per heavy atom. The molecule has 2 aromatic rings. The van der Waals surface area contributed by atoms with E-state index in [0.29, 0.717) is 12.4 Å². The largest absolute Gasteiger partial charge is 0.384 e. The van der Waals surface area contributed by atoms with Crippen LogP contribution >= 0.6 is 0 Å². The van der Waals surface area contributed by atoms with Crippen molar-refractivity contribution in [2.75, 3.05) is 25.7 Å². The van der Waals surface area contributed by atoms with Gasteiger partial charge in [-0.25, -0.2) is 0 Å². The Hall–Kier alpha value is -2.27. The van der Waals surface area contributed by atoms with Crippen LogP contribution < -0.4 is 4.90 Å². The fourth-order valence-electron chi connectivity index (χ4n) is 2.03. The number of amides is 1. The van der Waals surface area contributed by atoms with E-state index in [9.17, 15) is 4.79 Å². The highest BCUT2D eigenvalue weighted by atomic mass is 16.5. The number of carbonyl (C=O) groups excluding carboxylic acids is 1. The Balaban J connectivity index is 2.13. The van der Waals surface area contributed by atoms with Crippen molar-refractivity contribution in [3.63, 3.8) is 0 Å². The zero-order valence-corrected chi connectivity index (χ0v) is 12.5. The number of anilines is 1. The van der Waals surface area contributed by atoms with E-state index in [1.54, 1.807) is 20.2 Å². The summed E-state index contributed by atoms with van der Waals surface area (Å²) in [6, 6.07) is 13.5. The zero-order chi connectivity index (χ0) is 15.2. The topological polar surface area (TPSA) is 55.3 Å². The molecule has 1 heterocycles. The summed E-state index contributed by atoms with van der Waals surface area (Å²) in [5.74, 6) is 0.275. The molecule has 2 rings (SSSR count). The Morgan fingerprint density at radius 2 is 1.90 bits per heavy atom. The lowest BCUT2D eigenvalue weighted by Gasteiger charge is -2.19. The Kier molecular flexibility index (Phi) is 5.00. The van der Waals surface area contributed by atoms with Gasteiger partial charge in [-0.05, 0) is 12.1 Å². The normalized spacial score (nSPS) is 12.0. The molecule has 1 aromatic heterocycles. The van der Waals surface area contributed by atoms with Crippen LogP contribution in [0.25, 0.3) is 11.3 Å². The smallest absolute Gasteiger partial charge is 0.233 e. The number of nitrogens with zero attached hydrogens (tertiary/aromatic N) is 3. The summed E-state index contributed by atoms with van der Waals surface area (Å²) < 4.78 is 5.00. The van der Waals surface area contributed by atoms with Gasteiger partial charge in [0.1, 0.15) is 0 Å². The van der Waals surface area contributed by atoms with E-state index in [1.165, 1.54) is 4.90 Å². The third-order valence-electron chi connectivity index (χ3n) is 3.23. The summed E-state index contributed by atoms with van der Waals surface area (Å²) in [5.41, 5.74) is 1.78. The van der Waals surface area contributed by atoms with Crippen LogP contribution in [0.4, 0.5) is 5.82 Å². The highest BCUT2D eigenvalue weighted by Crippen LogP contribution is 2.18. The lowest BCUT2D eigenvalue weighted by atomic mass is 10.1. The highest BCUT2D eigenvalue weighted by molar-refractivity contribution is 5.93. The summed E-state index contributed by atoms with van der Waals surface area (Å²) >= 11 is 0. The molecule has 0 fully saturated rings. The van der Waals surface area contributed by atoms with Gasteiger partial charge >= 0.3 is 0 Å². The molecule has 0 aliphatic rings. The van der Waals surface area contributed by atoms with Crippen LogP contribution in [0.15, 0.2) is 42.5 Å². The van der Waals surface area contributed by atoms with Crippen molar-refractivity contribution in [3.05, 3.63) is 42.5 Å². The van der Waals surface area contributed by atoms with Crippen molar-refractivity contribution in [3.8, 4) is 11.3 Å². The first kappa shape index (κ1) is 15.1. The van der Waals surface area contributed by atoms with Crippen molar-refractivity contribution in [1.29, 1.82) is 0 Å². The highest BCUT2D eigenvalue weighted by Gasteiger charge is 2.19. The molecular formula is C16H19N3O2. The molecule has 1 atom stereocenters. The van der Waals surface area contributed by atoms with Crippen molar-refractivity contribution in [2.45, 2.75) is 6.92 Å². The van der Waals surface area contributed by atoms with Gasteiger partial charge in [-0.2, -0.15) is 0 Å². The van der Waals surface area contributed by atoms with Crippen LogP contribution in [0.2, 0.25) is 0 Å². The average Bonchev–Trinajstić information content (AvgIpc) is 2.54. The number of ether oxygens (including phenoxy) is 1. The molecule has 0 N–H and O–H groups in total. The Bertz CT molecular complexity index is 584. The van der Waals surface area contributed by atoms with Gasteiger partial charge in [-0.1, -0.05) is 37.3 Å². The van der Waals surface area contributed by atoms with Gasteiger partial charge in [-0.3, -0.25) is 9.69 Å². The van der Waals surface area contributed by atoms with Crippen molar-refractivity contribution < 1.29 is 9.53 Å². The minimum Gasteiger partial charge on any atom is -0.384 e. The Labute approximate surface area is 124 Å². The number of methoxy groups -OCH3 is 1. The molecule has 1 unspecified atom stereocenters. The van der Waals surface area contributed by atoms with Gasteiger partial charge in [0.25, 0.3) is 0 Å². The van der Waals surface area contributed by atoms with E-state index in [2.05, 4.69) is 10.2 Å². The van der Waals surface area contributed by atoms with E-state index < -0.39 is 0 Å². The third kappa shape index (κ3) is 3.64. The predicted octanol–water partition coefficient (Wildman–Crippen LogP) is 2.39. The van der Waals surface area contributed by atoms with Gasteiger partial charge in [0.2, 0.25) is 5.91 Å². The van der Waals surface area contributed by atoms with Gasteiger partial charge in [0, 0.05) is 19.7 Å². The third-order valence-corrected chi connectivity index (χ3v) is 3.23. The number of benzene rings is 1. The summed E-state index contributed by atoms with van der Waals surface area (Å²) in [7, 11) is 3.28. The van der Waals surface area contributed by atoms with Gasteiger partial charge in [0.15, 0.2) is 5.82 Å². The molecule has 110 valence electrons. The fraction of sp³-hybridized carbons (Fsp3) is 0.312. The maximum Gasteiger partial charge on any atom is 0.233 e. The molecular weight excluding hydrogens is 266 g/mol. The molecule has 0 saturated heterocycles. The fourth-order valence-corrected chi connectivity index (χ4v) is 2.03. The number of aromatic nitrogens is 2. The molecule has 1 aromatic carbocycles. The summed E-state index contributed by atoms with van der Waals surface area (Å²) in [6.07, 6.45) is 0. The molecule has 0 spiro atoms. The minimum absolute atomic E-state index is 0.0430. The predicted molar refractivity (Wildman–Crippen MR) is 81.9 cm³/mol. The average molecular weight is 285 g/mol. The molecule has 0 saturated carbocycles. The molecule has 1 amide bonds. The van der Waals surface area contributed by atoms with Gasteiger partial charge in [0.05, 0.1) is 18.2 Å². The molecule has 5 nitrogen and oxygen atoms in total. The van der Waals surface area contributed by atoms with Crippen molar-refractivity contribution >= 4 is 11.7 Å². The quantitative estimate of drug-likeness (QED) is 0.846. The number of rotatable bonds is 5. The molecule has 5 heteroatoms. The van der Waals surface area contributed by atoms with E-state index in [0.717, 1.165) is 11.3 Å². The molecule has 21 heavy (non-hydrogen) atoms. The SMILES string of the molecule is COCC(C)C(=O)N(C)c1ccc(-c2ccccc2)nn1.